The first-order chi connectivity index (χ1) is 15.6. The van der Waals surface area contributed by atoms with Crippen molar-refractivity contribution in [3.63, 3.8) is 0 Å². The van der Waals surface area contributed by atoms with Gasteiger partial charge in [-0.3, -0.25) is 4.79 Å². The van der Waals surface area contributed by atoms with E-state index in [9.17, 15) is 9.59 Å². The van der Waals surface area contributed by atoms with Crippen LogP contribution in [0, 0.1) is 0 Å². The Hall–Kier alpha value is -3.86. The molecule has 0 atom stereocenters. The average Bonchev–Trinajstić information content (AvgIpc) is 3.06. The first-order valence-electron chi connectivity index (χ1n) is 10.7. The Morgan fingerprint density at radius 1 is 0.875 bits per heavy atom. The van der Waals surface area contributed by atoms with Crippen LogP contribution in [0.4, 0.5) is 5.69 Å². The van der Waals surface area contributed by atoms with Crippen molar-refractivity contribution >= 4 is 23.1 Å². The van der Waals surface area contributed by atoms with E-state index in [0.717, 1.165) is 42.3 Å². The number of nitrogens with zero attached hydrogens (tertiary/aromatic N) is 1. The quantitative estimate of drug-likeness (QED) is 0.381. The molecule has 0 bridgehead atoms. The standard InChI is InChI=1S/C27H25NO4/c29-26(30)18-24-23-11-4-5-12-25(23)28(27(24)31)19-21-13-15-22(16-14-21)32-17-7-6-10-20-8-2-1-3-9-20/h1-5,8-9,11-16,18H,6-7,10,17,19H2,(H,29,30)/b24-18+. The van der Waals surface area contributed by atoms with Crippen LogP contribution in [0.25, 0.3) is 5.57 Å². The molecule has 32 heavy (non-hydrogen) atoms. The summed E-state index contributed by atoms with van der Waals surface area (Å²) in [6.45, 7) is 1.03. The number of carboxylic acid groups (broad SMARTS) is 1. The monoisotopic (exact) mass is 427 g/mol. The lowest BCUT2D eigenvalue weighted by atomic mass is 10.1. The van der Waals surface area contributed by atoms with Gasteiger partial charge in [0.1, 0.15) is 5.75 Å². The predicted molar refractivity (Wildman–Crippen MR) is 125 cm³/mol. The van der Waals surface area contributed by atoms with Crippen molar-refractivity contribution in [1.82, 2.24) is 0 Å². The molecule has 0 saturated heterocycles. The molecule has 5 heteroatoms. The summed E-state index contributed by atoms with van der Waals surface area (Å²) in [4.78, 5) is 25.6. The van der Waals surface area contributed by atoms with Gasteiger partial charge in [0, 0.05) is 11.6 Å². The number of unbranched alkanes of at least 4 members (excludes halogenated alkanes) is 1. The smallest absolute Gasteiger partial charge is 0.329 e. The summed E-state index contributed by atoms with van der Waals surface area (Å²) in [6, 6.07) is 25.4. The number of aliphatic carboxylic acids is 1. The van der Waals surface area contributed by atoms with E-state index in [0.29, 0.717) is 18.7 Å². The predicted octanol–water partition coefficient (Wildman–Crippen LogP) is 5.10. The Morgan fingerprint density at radius 3 is 2.34 bits per heavy atom. The third kappa shape index (κ3) is 5.06. The first-order valence-corrected chi connectivity index (χ1v) is 10.7. The molecule has 1 N–H and O–H groups in total. The van der Waals surface area contributed by atoms with E-state index >= 15 is 0 Å². The highest BCUT2D eigenvalue weighted by Crippen LogP contribution is 2.37. The first kappa shape index (κ1) is 21.4. The maximum atomic E-state index is 12.8. The van der Waals surface area contributed by atoms with Gasteiger partial charge in [-0.1, -0.05) is 60.7 Å². The highest BCUT2D eigenvalue weighted by Gasteiger charge is 2.32. The molecule has 0 fully saturated rings. The fourth-order valence-electron chi connectivity index (χ4n) is 3.87. The summed E-state index contributed by atoms with van der Waals surface area (Å²) in [5.41, 5.74) is 3.88. The minimum Gasteiger partial charge on any atom is -0.494 e. The van der Waals surface area contributed by atoms with Crippen molar-refractivity contribution in [2.24, 2.45) is 0 Å². The molecule has 0 aromatic heterocycles. The number of hydrogen-bond acceptors (Lipinski definition) is 3. The normalized spacial score (nSPS) is 13.9. The summed E-state index contributed by atoms with van der Waals surface area (Å²) in [6.07, 6.45) is 4.09. The fourth-order valence-corrected chi connectivity index (χ4v) is 3.87. The van der Waals surface area contributed by atoms with Gasteiger partial charge < -0.3 is 14.7 Å². The minimum absolute atomic E-state index is 0.212. The summed E-state index contributed by atoms with van der Waals surface area (Å²) in [5, 5.41) is 9.13. The second kappa shape index (κ2) is 9.96. The molecule has 1 aliphatic heterocycles. The van der Waals surface area contributed by atoms with Crippen LogP contribution in [0.15, 0.2) is 84.9 Å². The minimum atomic E-state index is -1.13. The molecule has 1 heterocycles. The molecular formula is C27H25NO4. The number of benzene rings is 3. The lowest BCUT2D eigenvalue weighted by molar-refractivity contribution is -0.131. The number of carbonyl (C=O) groups is 2. The van der Waals surface area contributed by atoms with Gasteiger partial charge in [-0.15, -0.1) is 0 Å². The topological polar surface area (TPSA) is 66.8 Å². The lowest BCUT2D eigenvalue weighted by Crippen LogP contribution is -2.25. The summed E-state index contributed by atoms with van der Waals surface area (Å²) < 4.78 is 5.85. The largest absolute Gasteiger partial charge is 0.494 e. The molecule has 3 aromatic carbocycles. The fraction of sp³-hybridized carbons (Fsp3) is 0.185. The lowest BCUT2D eigenvalue weighted by Gasteiger charge is -2.17. The van der Waals surface area contributed by atoms with Crippen LogP contribution in [0.3, 0.4) is 0 Å². The van der Waals surface area contributed by atoms with Crippen molar-refractivity contribution in [2.75, 3.05) is 11.5 Å². The third-order valence-corrected chi connectivity index (χ3v) is 5.46. The summed E-state index contributed by atoms with van der Waals surface area (Å²) >= 11 is 0. The number of carboxylic acids is 1. The maximum Gasteiger partial charge on any atom is 0.329 e. The molecule has 1 amide bonds. The van der Waals surface area contributed by atoms with Crippen molar-refractivity contribution < 1.29 is 19.4 Å². The Kier molecular flexibility index (Phi) is 6.66. The van der Waals surface area contributed by atoms with Crippen LogP contribution in [-0.2, 0) is 22.6 Å². The number of rotatable bonds is 9. The van der Waals surface area contributed by atoms with Crippen molar-refractivity contribution in [2.45, 2.75) is 25.8 Å². The third-order valence-electron chi connectivity index (χ3n) is 5.46. The zero-order chi connectivity index (χ0) is 22.3. The number of ether oxygens (including phenoxy) is 1. The second-order valence-corrected chi connectivity index (χ2v) is 7.74. The van der Waals surface area contributed by atoms with Crippen molar-refractivity contribution in [3.8, 4) is 5.75 Å². The van der Waals surface area contributed by atoms with Gasteiger partial charge in [0.2, 0.25) is 0 Å². The molecule has 3 aromatic rings. The molecule has 4 rings (SSSR count). The van der Waals surface area contributed by atoms with E-state index in [4.69, 9.17) is 9.84 Å². The van der Waals surface area contributed by atoms with E-state index in [2.05, 4.69) is 24.3 Å². The molecular weight excluding hydrogens is 402 g/mol. The number of fused-ring (bicyclic) bond motifs is 1. The van der Waals surface area contributed by atoms with Gasteiger partial charge in [-0.05, 0) is 48.6 Å². The van der Waals surface area contributed by atoms with Crippen LogP contribution < -0.4 is 9.64 Å². The van der Waals surface area contributed by atoms with E-state index in [1.165, 1.54) is 5.56 Å². The molecule has 0 unspecified atom stereocenters. The van der Waals surface area contributed by atoms with Gasteiger partial charge in [0.15, 0.2) is 0 Å². The zero-order valence-corrected chi connectivity index (χ0v) is 17.7. The van der Waals surface area contributed by atoms with Crippen LogP contribution in [0.1, 0.15) is 29.5 Å². The molecule has 162 valence electrons. The van der Waals surface area contributed by atoms with E-state index in [1.54, 1.807) is 17.0 Å². The van der Waals surface area contributed by atoms with E-state index in [1.807, 2.05) is 42.5 Å². The Labute approximate surface area is 187 Å². The SMILES string of the molecule is O=C(O)/C=C1/C(=O)N(Cc2ccc(OCCCCc3ccccc3)cc2)c2ccccc21. The molecule has 0 radical (unpaired) electrons. The van der Waals surface area contributed by atoms with E-state index < -0.39 is 5.97 Å². The Bertz CT molecular complexity index is 1120. The highest BCUT2D eigenvalue weighted by atomic mass is 16.5. The van der Waals surface area contributed by atoms with Crippen LogP contribution >= 0.6 is 0 Å². The Morgan fingerprint density at radius 2 is 1.59 bits per heavy atom. The number of aryl methyl sites for hydroxylation is 1. The zero-order valence-electron chi connectivity index (χ0n) is 17.7. The second-order valence-electron chi connectivity index (χ2n) is 7.74. The van der Waals surface area contributed by atoms with Gasteiger partial charge in [0.25, 0.3) is 5.91 Å². The van der Waals surface area contributed by atoms with Gasteiger partial charge in [0.05, 0.1) is 24.4 Å². The van der Waals surface area contributed by atoms with Crippen molar-refractivity contribution in [3.05, 3.63) is 102 Å². The number of anilines is 1. The van der Waals surface area contributed by atoms with E-state index in [-0.39, 0.29) is 11.5 Å². The molecule has 0 aliphatic carbocycles. The summed E-state index contributed by atoms with van der Waals surface area (Å²) in [7, 11) is 0. The molecule has 5 nitrogen and oxygen atoms in total. The molecule has 0 saturated carbocycles. The average molecular weight is 428 g/mol. The molecule has 1 aliphatic rings. The van der Waals surface area contributed by atoms with Crippen LogP contribution in [0.5, 0.6) is 5.75 Å². The number of para-hydroxylation sites is 1. The van der Waals surface area contributed by atoms with Gasteiger partial charge in [-0.25, -0.2) is 4.79 Å². The van der Waals surface area contributed by atoms with Gasteiger partial charge in [-0.2, -0.15) is 0 Å². The maximum absolute atomic E-state index is 12.8. The summed E-state index contributed by atoms with van der Waals surface area (Å²) in [5.74, 6) is -0.629. The number of amides is 1. The highest BCUT2D eigenvalue weighted by molar-refractivity contribution is 6.34. The molecule has 0 spiro atoms. The van der Waals surface area contributed by atoms with Crippen LogP contribution in [0.2, 0.25) is 0 Å². The van der Waals surface area contributed by atoms with Gasteiger partial charge >= 0.3 is 5.97 Å². The Balaban J connectivity index is 1.33. The number of hydrogen-bond donors (Lipinski definition) is 1. The number of carbonyl (C=O) groups excluding carboxylic acids is 1. The van der Waals surface area contributed by atoms with Crippen LogP contribution in [-0.4, -0.2) is 23.6 Å². The van der Waals surface area contributed by atoms with Crippen molar-refractivity contribution in [1.29, 1.82) is 0 Å².